The molecule has 1 amide bonds. The van der Waals surface area contributed by atoms with Crippen LogP contribution in [0.3, 0.4) is 0 Å². The van der Waals surface area contributed by atoms with Crippen molar-refractivity contribution >= 4 is 6.09 Å². The molecule has 1 aromatic rings. The molecule has 0 aliphatic rings. The van der Waals surface area contributed by atoms with E-state index in [4.69, 9.17) is 4.74 Å². The van der Waals surface area contributed by atoms with Crippen LogP contribution in [0.1, 0.15) is 66.2 Å². The molecule has 0 aliphatic carbocycles. The van der Waals surface area contributed by atoms with Gasteiger partial charge in [0.25, 0.3) is 0 Å². The lowest BCUT2D eigenvalue weighted by atomic mass is 10.1. The number of nitrogens with zero attached hydrogens (tertiary/aromatic N) is 2. The van der Waals surface area contributed by atoms with Crippen LogP contribution in [-0.2, 0) is 6.54 Å². The summed E-state index contributed by atoms with van der Waals surface area (Å²) < 4.78 is 7.42. The van der Waals surface area contributed by atoms with Gasteiger partial charge in [-0.1, -0.05) is 46.5 Å². The van der Waals surface area contributed by atoms with Crippen molar-refractivity contribution in [2.24, 2.45) is 0 Å². The highest BCUT2D eigenvalue weighted by atomic mass is 16.6. The Morgan fingerprint density at radius 1 is 1.13 bits per heavy atom. The Labute approximate surface area is 142 Å². The second-order valence-corrected chi connectivity index (χ2v) is 5.43. The fraction of sp³-hybridized carbons (Fsp3) is 0.684. The number of amides is 1. The predicted octanol–water partition coefficient (Wildman–Crippen LogP) is 4.81. The lowest BCUT2D eigenvalue weighted by Crippen LogP contribution is -2.34. The lowest BCUT2D eigenvalue weighted by molar-refractivity contribution is -0.697. The monoisotopic (exact) mass is 323 g/mol. The minimum Gasteiger partial charge on any atom is -0.404 e. The van der Waals surface area contributed by atoms with Gasteiger partial charge in [-0.2, -0.15) is 0 Å². The highest BCUT2D eigenvalue weighted by Crippen LogP contribution is 2.08. The van der Waals surface area contributed by atoms with Gasteiger partial charge in [0.1, 0.15) is 6.54 Å². The van der Waals surface area contributed by atoms with E-state index in [-0.39, 0.29) is 6.09 Å². The molecule has 132 valence electrons. The molecule has 0 atom stereocenters. The van der Waals surface area contributed by atoms with Crippen LogP contribution in [0.4, 0.5) is 4.79 Å². The summed E-state index contributed by atoms with van der Waals surface area (Å²) in [7, 11) is 1.73. The first-order valence-electron chi connectivity index (χ1n) is 9.09. The van der Waals surface area contributed by atoms with Gasteiger partial charge in [0.2, 0.25) is 6.20 Å². The van der Waals surface area contributed by atoms with Crippen LogP contribution in [-0.4, -0.2) is 24.6 Å². The van der Waals surface area contributed by atoms with E-state index in [0.717, 1.165) is 6.54 Å². The van der Waals surface area contributed by atoms with Crippen LogP contribution in [0.5, 0.6) is 5.75 Å². The summed E-state index contributed by atoms with van der Waals surface area (Å²) in [4.78, 5) is 13.3. The fourth-order valence-corrected chi connectivity index (χ4v) is 2.08. The Morgan fingerprint density at radius 3 is 2.43 bits per heavy atom. The Bertz CT molecular complexity index is 422. The van der Waals surface area contributed by atoms with Crippen LogP contribution in [0.15, 0.2) is 24.5 Å². The fourth-order valence-electron chi connectivity index (χ4n) is 2.08. The molecule has 0 fully saturated rings. The highest BCUT2D eigenvalue weighted by Gasteiger charge is 2.11. The van der Waals surface area contributed by atoms with Gasteiger partial charge in [-0.05, 0) is 19.4 Å². The third-order valence-electron chi connectivity index (χ3n) is 3.59. The lowest BCUT2D eigenvalue weighted by Gasteiger charge is -2.13. The van der Waals surface area contributed by atoms with E-state index in [1.54, 1.807) is 11.9 Å². The Morgan fingerprint density at radius 2 is 1.78 bits per heavy atom. The van der Waals surface area contributed by atoms with E-state index < -0.39 is 0 Å². The molecule has 1 rings (SSSR count). The molecule has 23 heavy (non-hydrogen) atoms. The molecule has 0 N–H and O–H groups in total. The van der Waals surface area contributed by atoms with Gasteiger partial charge >= 0.3 is 6.09 Å². The smallest absolute Gasteiger partial charge is 0.404 e. The molecular weight excluding hydrogens is 288 g/mol. The summed E-state index contributed by atoms with van der Waals surface area (Å²) in [6.07, 6.45) is 11.3. The molecule has 0 saturated carbocycles. The molecule has 0 unspecified atom stereocenters. The molecule has 1 aromatic heterocycles. The number of hydrogen-bond donors (Lipinski definition) is 0. The quantitative estimate of drug-likeness (QED) is 0.482. The molecule has 0 spiro atoms. The minimum atomic E-state index is -0.310. The van der Waals surface area contributed by atoms with Gasteiger partial charge in [0.15, 0.2) is 11.9 Å². The molecule has 4 nitrogen and oxygen atoms in total. The van der Waals surface area contributed by atoms with Gasteiger partial charge < -0.3 is 9.64 Å². The molecule has 0 aliphatic heterocycles. The van der Waals surface area contributed by atoms with E-state index in [1.807, 2.05) is 45.3 Å². The van der Waals surface area contributed by atoms with Gasteiger partial charge in [-0.25, -0.2) is 9.36 Å². The average Bonchev–Trinajstić information content (AvgIpc) is 2.59. The topological polar surface area (TPSA) is 33.4 Å². The van der Waals surface area contributed by atoms with Gasteiger partial charge in [-0.3, -0.25) is 0 Å². The van der Waals surface area contributed by atoms with Crippen LogP contribution in [0, 0.1) is 0 Å². The minimum absolute atomic E-state index is 0.310. The number of pyridine rings is 1. The second kappa shape index (κ2) is 14.0. The van der Waals surface area contributed by atoms with Crippen molar-refractivity contribution in [3.05, 3.63) is 24.5 Å². The summed E-state index contributed by atoms with van der Waals surface area (Å²) in [6.45, 7) is 9.77. The molecular formula is C19H35N2O2+. The molecule has 1 heterocycles. The summed E-state index contributed by atoms with van der Waals surface area (Å²) in [5.41, 5.74) is 0. The van der Waals surface area contributed by atoms with Crippen molar-refractivity contribution in [1.82, 2.24) is 4.90 Å². The third-order valence-corrected chi connectivity index (χ3v) is 3.59. The van der Waals surface area contributed by atoms with Crippen LogP contribution in [0.25, 0.3) is 0 Å². The molecule has 0 bridgehead atoms. The first-order chi connectivity index (χ1) is 11.2. The number of aromatic nitrogens is 1. The van der Waals surface area contributed by atoms with Crippen LogP contribution in [0.2, 0.25) is 0 Å². The zero-order valence-electron chi connectivity index (χ0n) is 15.7. The average molecular weight is 324 g/mol. The second-order valence-electron chi connectivity index (χ2n) is 5.43. The van der Waals surface area contributed by atoms with Gasteiger partial charge in [-0.15, -0.1) is 0 Å². The first kappa shape index (κ1) is 21.4. The number of aryl methyl sites for hydroxylation is 1. The van der Waals surface area contributed by atoms with Crippen molar-refractivity contribution in [3.63, 3.8) is 0 Å². The van der Waals surface area contributed by atoms with Crippen molar-refractivity contribution in [3.8, 4) is 5.75 Å². The van der Waals surface area contributed by atoms with E-state index >= 15 is 0 Å². The van der Waals surface area contributed by atoms with Crippen molar-refractivity contribution < 1.29 is 14.1 Å². The van der Waals surface area contributed by atoms with Crippen molar-refractivity contribution in [1.29, 1.82) is 0 Å². The van der Waals surface area contributed by atoms with Crippen molar-refractivity contribution in [2.45, 2.75) is 72.8 Å². The zero-order valence-corrected chi connectivity index (χ0v) is 15.7. The van der Waals surface area contributed by atoms with Gasteiger partial charge in [0.05, 0.1) is 0 Å². The van der Waals surface area contributed by atoms with E-state index in [9.17, 15) is 4.79 Å². The van der Waals surface area contributed by atoms with Gasteiger partial charge in [0, 0.05) is 26.1 Å². The number of carbonyl (C=O) groups excluding carboxylic acids is 1. The maximum Gasteiger partial charge on any atom is 0.415 e. The molecule has 0 aromatic carbocycles. The maximum atomic E-state index is 11.7. The van der Waals surface area contributed by atoms with E-state index in [2.05, 4.69) is 11.5 Å². The number of rotatable bonds is 9. The Balaban J connectivity index is 0.00000232. The predicted molar refractivity (Wildman–Crippen MR) is 95.7 cm³/mol. The number of ether oxygens (including phenoxy) is 1. The zero-order chi connectivity index (χ0) is 17.5. The first-order valence-corrected chi connectivity index (χ1v) is 9.09. The number of unbranched alkanes of at least 4 members (excludes halogenated alkanes) is 5. The van der Waals surface area contributed by atoms with E-state index in [0.29, 0.717) is 12.3 Å². The Hall–Kier alpha value is -1.58. The summed E-state index contributed by atoms with van der Waals surface area (Å²) >= 11 is 0. The normalized spacial score (nSPS) is 9.78. The highest BCUT2D eigenvalue weighted by molar-refractivity contribution is 5.69. The molecule has 0 saturated heterocycles. The molecule has 0 radical (unpaired) electrons. The molecule has 4 heteroatoms. The van der Waals surface area contributed by atoms with Crippen LogP contribution >= 0.6 is 0 Å². The summed E-state index contributed by atoms with van der Waals surface area (Å²) in [6, 6.07) is 3.74. The summed E-state index contributed by atoms with van der Waals surface area (Å²) in [5, 5.41) is 0. The number of hydrogen-bond acceptors (Lipinski definition) is 2. The SMILES string of the molecule is CC.CCCCCCCC[n+]1cccc(OC(=O)N(C)CC)c1. The van der Waals surface area contributed by atoms with Crippen molar-refractivity contribution in [2.75, 3.05) is 13.6 Å². The summed E-state index contributed by atoms with van der Waals surface area (Å²) in [5.74, 6) is 0.605. The standard InChI is InChI=1S/C17H29N2O2.C2H6/c1-4-6-7-8-9-10-13-19-14-11-12-16(15-19)21-17(20)18(3)5-2;1-2/h11-12,14-15H,4-10,13H2,1-3H3;1-2H3/q+1;. The Kier molecular flexibility index (Phi) is 13.1. The number of carbonyl (C=O) groups is 1. The maximum absolute atomic E-state index is 11.7. The van der Waals surface area contributed by atoms with E-state index in [1.165, 1.54) is 38.5 Å². The largest absolute Gasteiger partial charge is 0.415 e. The third kappa shape index (κ3) is 9.93. The van der Waals surface area contributed by atoms with Crippen LogP contribution < -0.4 is 9.30 Å².